The van der Waals surface area contributed by atoms with Gasteiger partial charge in [0.2, 0.25) is 11.8 Å². The van der Waals surface area contributed by atoms with Crippen molar-refractivity contribution in [3.8, 4) is 11.5 Å². The van der Waals surface area contributed by atoms with E-state index in [-0.39, 0.29) is 23.5 Å². The molecule has 1 N–H and O–H groups in total. The van der Waals surface area contributed by atoms with Gasteiger partial charge in [0.15, 0.2) is 0 Å². The van der Waals surface area contributed by atoms with Gasteiger partial charge < -0.3 is 14.5 Å². The first-order valence-corrected chi connectivity index (χ1v) is 10.3. The molecular formula is C19H24N2O4S. The largest absolute Gasteiger partial charge is 0.441 e. The van der Waals surface area contributed by atoms with Crippen molar-refractivity contribution < 1.29 is 18.2 Å². The summed E-state index contributed by atoms with van der Waals surface area (Å²) in [5.74, 6) is 1.09. The normalized spacial score (nSPS) is 18.0. The Hall–Kier alpha value is -1.99. The third kappa shape index (κ3) is 5.02. The first-order chi connectivity index (χ1) is 12.5. The number of rotatable bonds is 7. The van der Waals surface area contributed by atoms with E-state index in [1.54, 1.807) is 6.92 Å². The van der Waals surface area contributed by atoms with Gasteiger partial charge >= 0.3 is 0 Å². The number of oxazole rings is 1. The van der Waals surface area contributed by atoms with E-state index in [1.807, 2.05) is 31.2 Å². The van der Waals surface area contributed by atoms with Gasteiger partial charge in [-0.1, -0.05) is 17.7 Å². The molecule has 3 rings (SSSR count). The van der Waals surface area contributed by atoms with Gasteiger partial charge in [0.25, 0.3) is 0 Å². The quantitative estimate of drug-likeness (QED) is 0.803. The molecule has 0 bridgehead atoms. The number of carbonyl (C=O) groups excluding carboxylic acids is 1. The number of aromatic nitrogens is 1. The average molecular weight is 376 g/mol. The highest BCUT2D eigenvalue weighted by molar-refractivity contribution is 7.84. The third-order valence-corrected chi connectivity index (χ3v) is 5.48. The maximum atomic E-state index is 12.3. The SMILES string of the molecule is Cc1cccc(-c2nc(C[S@@](=O)CC(=O)NC[C@@H]3CCCO3)c(C)o2)c1. The number of hydrogen-bond donors (Lipinski definition) is 1. The van der Waals surface area contributed by atoms with E-state index in [1.165, 1.54) is 0 Å². The molecule has 0 radical (unpaired) electrons. The van der Waals surface area contributed by atoms with Crippen LogP contribution < -0.4 is 5.32 Å². The smallest absolute Gasteiger partial charge is 0.232 e. The highest BCUT2D eigenvalue weighted by atomic mass is 32.2. The summed E-state index contributed by atoms with van der Waals surface area (Å²) < 4.78 is 23.5. The molecule has 2 aromatic rings. The predicted molar refractivity (Wildman–Crippen MR) is 100 cm³/mol. The molecule has 0 aliphatic carbocycles. The summed E-state index contributed by atoms with van der Waals surface area (Å²) in [6, 6.07) is 7.87. The van der Waals surface area contributed by atoms with Gasteiger partial charge in [-0.25, -0.2) is 4.98 Å². The van der Waals surface area contributed by atoms with Gasteiger partial charge in [-0.05, 0) is 38.8 Å². The monoisotopic (exact) mass is 376 g/mol. The van der Waals surface area contributed by atoms with E-state index in [9.17, 15) is 9.00 Å². The number of nitrogens with one attached hydrogen (secondary N) is 1. The zero-order valence-corrected chi connectivity index (χ0v) is 15.9. The fraction of sp³-hybridized carbons (Fsp3) is 0.474. The first-order valence-electron chi connectivity index (χ1n) is 8.78. The molecule has 1 aromatic carbocycles. The van der Waals surface area contributed by atoms with Crippen molar-refractivity contribution in [3.05, 3.63) is 41.3 Å². The lowest BCUT2D eigenvalue weighted by Gasteiger charge is -2.10. The Morgan fingerprint density at radius 1 is 1.38 bits per heavy atom. The third-order valence-electron chi connectivity index (χ3n) is 4.30. The Balaban J connectivity index is 1.54. The van der Waals surface area contributed by atoms with Crippen LogP contribution in [0.2, 0.25) is 0 Å². The predicted octanol–water partition coefficient (Wildman–Crippen LogP) is 2.50. The van der Waals surface area contributed by atoms with Gasteiger partial charge in [0, 0.05) is 29.5 Å². The minimum atomic E-state index is -1.34. The topological polar surface area (TPSA) is 81.4 Å². The molecule has 1 saturated heterocycles. The van der Waals surface area contributed by atoms with Crippen LogP contribution in [0.25, 0.3) is 11.5 Å². The van der Waals surface area contributed by atoms with Crippen molar-refractivity contribution in [2.75, 3.05) is 18.9 Å². The number of benzene rings is 1. The standard InChI is InChI=1S/C19H24N2O4S/c1-13-5-3-6-15(9-13)19-21-17(14(2)25-19)11-26(23)12-18(22)20-10-16-7-4-8-24-16/h3,5-6,9,16H,4,7-8,10-12H2,1-2H3,(H,20,22)/t16-,26+/m0/s1. The van der Waals surface area contributed by atoms with Gasteiger partial charge in [0.05, 0.1) is 17.6 Å². The van der Waals surface area contributed by atoms with Crippen LogP contribution in [0.3, 0.4) is 0 Å². The van der Waals surface area contributed by atoms with E-state index in [0.717, 1.165) is 30.6 Å². The Kier molecular flexibility index (Phi) is 6.21. The molecule has 1 amide bonds. The van der Waals surface area contributed by atoms with Crippen molar-refractivity contribution in [1.82, 2.24) is 10.3 Å². The molecule has 1 aliphatic heterocycles. The molecule has 0 unspecified atom stereocenters. The van der Waals surface area contributed by atoms with Gasteiger partial charge in [-0.3, -0.25) is 9.00 Å². The van der Waals surface area contributed by atoms with Gasteiger partial charge in [-0.2, -0.15) is 0 Å². The zero-order chi connectivity index (χ0) is 18.5. The first kappa shape index (κ1) is 18.8. The fourth-order valence-corrected chi connectivity index (χ4v) is 3.97. The number of carbonyl (C=O) groups is 1. The minimum Gasteiger partial charge on any atom is -0.441 e. The molecule has 0 saturated carbocycles. The fourth-order valence-electron chi connectivity index (χ4n) is 2.90. The van der Waals surface area contributed by atoms with Crippen LogP contribution in [0.5, 0.6) is 0 Å². The lowest BCUT2D eigenvalue weighted by atomic mass is 10.1. The van der Waals surface area contributed by atoms with Gasteiger partial charge in [-0.15, -0.1) is 0 Å². The molecule has 6 nitrogen and oxygen atoms in total. The van der Waals surface area contributed by atoms with Crippen LogP contribution in [0.1, 0.15) is 29.9 Å². The van der Waals surface area contributed by atoms with Crippen molar-refractivity contribution >= 4 is 16.7 Å². The van der Waals surface area contributed by atoms with Crippen LogP contribution in [0.4, 0.5) is 0 Å². The summed E-state index contributed by atoms with van der Waals surface area (Å²) in [5, 5.41) is 2.79. The number of ether oxygens (including phenoxy) is 1. The Labute approximate surface area is 155 Å². The molecule has 1 aliphatic rings. The highest BCUT2D eigenvalue weighted by Crippen LogP contribution is 2.23. The molecule has 0 spiro atoms. The second kappa shape index (κ2) is 8.60. The molecule has 7 heteroatoms. The van der Waals surface area contributed by atoms with Crippen LogP contribution in [-0.2, 0) is 26.1 Å². The second-order valence-electron chi connectivity index (χ2n) is 6.56. The van der Waals surface area contributed by atoms with Crippen molar-refractivity contribution in [3.63, 3.8) is 0 Å². The van der Waals surface area contributed by atoms with Crippen molar-refractivity contribution in [2.45, 2.75) is 38.5 Å². The molecule has 2 atom stereocenters. The van der Waals surface area contributed by atoms with E-state index in [4.69, 9.17) is 9.15 Å². The van der Waals surface area contributed by atoms with E-state index >= 15 is 0 Å². The molecule has 2 heterocycles. The lowest BCUT2D eigenvalue weighted by molar-refractivity contribution is -0.119. The maximum Gasteiger partial charge on any atom is 0.232 e. The van der Waals surface area contributed by atoms with Crippen LogP contribution in [-0.4, -0.2) is 40.1 Å². The Morgan fingerprint density at radius 2 is 2.23 bits per heavy atom. The van der Waals surface area contributed by atoms with Gasteiger partial charge in [0.1, 0.15) is 11.5 Å². The van der Waals surface area contributed by atoms with Crippen LogP contribution >= 0.6 is 0 Å². The molecule has 1 aromatic heterocycles. The van der Waals surface area contributed by atoms with Crippen LogP contribution in [0, 0.1) is 13.8 Å². The summed E-state index contributed by atoms with van der Waals surface area (Å²) >= 11 is 0. The summed E-state index contributed by atoms with van der Waals surface area (Å²) in [6.07, 6.45) is 2.08. The van der Waals surface area contributed by atoms with Crippen molar-refractivity contribution in [1.29, 1.82) is 0 Å². The Morgan fingerprint density at radius 3 is 2.96 bits per heavy atom. The lowest BCUT2D eigenvalue weighted by Crippen LogP contribution is -2.34. The van der Waals surface area contributed by atoms with E-state index < -0.39 is 10.8 Å². The van der Waals surface area contributed by atoms with Crippen molar-refractivity contribution in [2.24, 2.45) is 0 Å². The minimum absolute atomic E-state index is 0.0429. The zero-order valence-electron chi connectivity index (χ0n) is 15.1. The summed E-state index contributed by atoms with van der Waals surface area (Å²) in [4.78, 5) is 16.4. The summed E-state index contributed by atoms with van der Waals surface area (Å²) in [6.45, 7) is 5.04. The number of amides is 1. The molecule has 1 fully saturated rings. The summed E-state index contributed by atoms with van der Waals surface area (Å²) in [7, 11) is -1.34. The Bertz CT molecular complexity index is 797. The summed E-state index contributed by atoms with van der Waals surface area (Å²) in [5.41, 5.74) is 2.64. The second-order valence-corrected chi connectivity index (χ2v) is 8.02. The highest BCUT2D eigenvalue weighted by Gasteiger charge is 2.18. The number of nitrogens with zero attached hydrogens (tertiary/aromatic N) is 1. The number of aryl methyl sites for hydroxylation is 2. The number of hydrogen-bond acceptors (Lipinski definition) is 5. The van der Waals surface area contributed by atoms with Crippen LogP contribution in [0.15, 0.2) is 28.7 Å². The maximum absolute atomic E-state index is 12.3. The molecule has 26 heavy (non-hydrogen) atoms. The average Bonchev–Trinajstić information content (AvgIpc) is 3.23. The molecule has 140 valence electrons. The van der Waals surface area contributed by atoms with E-state index in [2.05, 4.69) is 10.3 Å². The van der Waals surface area contributed by atoms with E-state index in [0.29, 0.717) is 23.9 Å². The molecular weight excluding hydrogens is 352 g/mol.